The van der Waals surface area contributed by atoms with E-state index in [9.17, 15) is 19.2 Å². The van der Waals surface area contributed by atoms with Gasteiger partial charge in [-0.2, -0.15) is 0 Å². The van der Waals surface area contributed by atoms with Crippen molar-refractivity contribution in [2.24, 2.45) is 0 Å². The molecule has 0 radical (unpaired) electrons. The summed E-state index contributed by atoms with van der Waals surface area (Å²) in [6, 6.07) is -2.15. The van der Waals surface area contributed by atoms with Crippen molar-refractivity contribution in [1.82, 2.24) is 15.5 Å². The third-order valence-electron chi connectivity index (χ3n) is 4.89. The maximum Gasteiger partial charge on any atom is 0.408 e. The Labute approximate surface area is 232 Å². The van der Waals surface area contributed by atoms with Crippen LogP contribution in [0.2, 0.25) is 0 Å². The summed E-state index contributed by atoms with van der Waals surface area (Å²) >= 11 is 19.8. The van der Waals surface area contributed by atoms with Gasteiger partial charge in [0.25, 0.3) is 11.8 Å². The van der Waals surface area contributed by atoms with E-state index < -0.39 is 57.3 Å². The number of nitrogens with zero attached hydrogens (tertiary/aromatic N) is 1. The largest absolute Gasteiger partial charge is 0.494 e. The smallest absolute Gasteiger partial charge is 0.408 e. The van der Waals surface area contributed by atoms with Crippen molar-refractivity contribution in [3.8, 4) is 0 Å². The Morgan fingerprint density at radius 1 is 1.28 bits per heavy atom. The molecule has 0 spiro atoms. The van der Waals surface area contributed by atoms with Crippen LogP contribution in [0.15, 0.2) is 22.4 Å². The van der Waals surface area contributed by atoms with Crippen LogP contribution in [0, 0.1) is 0 Å². The van der Waals surface area contributed by atoms with Crippen molar-refractivity contribution in [2.45, 2.75) is 54.5 Å². The molecular weight excluding hydrogens is 577 g/mol. The van der Waals surface area contributed by atoms with E-state index in [2.05, 4.69) is 10.6 Å². The summed E-state index contributed by atoms with van der Waals surface area (Å²) in [6.07, 6.45) is -0.811. The van der Waals surface area contributed by atoms with E-state index >= 15 is 0 Å². The fourth-order valence-electron chi connectivity index (χ4n) is 3.44. The number of esters is 1. The molecule has 3 amide bonds. The van der Waals surface area contributed by atoms with Crippen LogP contribution >= 0.6 is 58.3 Å². The summed E-state index contributed by atoms with van der Waals surface area (Å²) in [5, 5.41) is 6.27. The number of ether oxygens (including phenoxy) is 3. The van der Waals surface area contributed by atoms with Crippen LogP contribution < -0.4 is 10.6 Å². The molecule has 0 aliphatic carbocycles. The van der Waals surface area contributed by atoms with Gasteiger partial charge in [0.15, 0.2) is 6.04 Å². The standard InChI is InChI=1S/C21H26Cl3N3O7S2/c1-10-7-36-17-13(16(29)27(17)14(10)18(30)33-9-21(22,23)24)25-15(28)12(11-8-35-6-5-32-11)26-19(31)34-20(2,3)4/h8,12-13,17H,5-7,9H2,1-4H3,(H,25,28)(H,26,31). The van der Waals surface area contributed by atoms with Gasteiger partial charge in [0.1, 0.15) is 35.1 Å². The Morgan fingerprint density at radius 3 is 2.56 bits per heavy atom. The van der Waals surface area contributed by atoms with Crippen LogP contribution in [0.25, 0.3) is 0 Å². The molecule has 36 heavy (non-hydrogen) atoms. The fourth-order valence-corrected chi connectivity index (χ4v) is 5.56. The minimum absolute atomic E-state index is 0.0571. The summed E-state index contributed by atoms with van der Waals surface area (Å²) in [4.78, 5) is 52.5. The third-order valence-corrected chi connectivity index (χ3v) is 7.45. The van der Waals surface area contributed by atoms with Gasteiger partial charge in [-0.1, -0.05) is 34.8 Å². The number of carbonyl (C=O) groups is 4. The molecular formula is C21H26Cl3N3O7S2. The first kappa shape index (κ1) is 29.1. The van der Waals surface area contributed by atoms with Crippen LogP contribution in [-0.2, 0) is 28.6 Å². The van der Waals surface area contributed by atoms with Crippen LogP contribution in [0.5, 0.6) is 0 Å². The van der Waals surface area contributed by atoms with E-state index in [1.807, 2.05) is 0 Å². The number of β-lactam (4-membered cyclic amide) rings is 1. The highest BCUT2D eigenvalue weighted by atomic mass is 35.6. The quantitative estimate of drug-likeness (QED) is 0.268. The lowest BCUT2D eigenvalue weighted by Crippen LogP contribution is -2.71. The molecule has 2 N–H and O–H groups in total. The molecule has 3 heterocycles. The van der Waals surface area contributed by atoms with Gasteiger partial charge in [-0.3, -0.25) is 14.5 Å². The molecule has 0 aromatic rings. The molecule has 3 rings (SSSR count). The number of carbonyl (C=O) groups excluding carboxylic acids is 4. The molecule has 0 aromatic carbocycles. The molecule has 0 bridgehead atoms. The number of amides is 3. The van der Waals surface area contributed by atoms with Gasteiger partial charge >= 0.3 is 12.1 Å². The first-order valence-electron chi connectivity index (χ1n) is 10.8. The minimum atomic E-state index is -1.80. The number of alkyl carbamates (subject to hydrolysis) is 1. The molecule has 10 nitrogen and oxygen atoms in total. The minimum Gasteiger partial charge on any atom is -0.494 e. The summed E-state index contributed by atoms with van der Waals surface area (Å²) in [5.41, 5.74) is -0.108. The molecule has 1 fully saturated rings. The van der Waals surface area contributed by atoms with Crippen molar-refractivity contribution in [3.63, 3.8) is 0 Å². The van der Waals surface area contributed by atoms with E-state index in [-0.39, 0.29) is 11.5 Å². The predicted octanol–water partition coefficient (Wildman–Crippen LogP) is 3.07. The Balaban J connectivity index is 1.72. The van der Waals surface area contributed by atoms with Gasteiger partial charge in [0.2, 0.25) is 3.79 Å². The zero-order chi connectivity index (χ0) is 26.8. The second-order valence-electron chi connectivity index (χ2n) is 9.04. The molecule has 3 aliphatic heterocycles. The SMILES string of the molecule is CC1=C(C(=O)OCC(Cl)(Cl)Cl)N2C(=O)C(NC(=O)C(NC(=O)OC(C)(C)C)C3=CSCCO3)C2SC1. The lowest BCUT2D eigenvalue weighted by molar-refractivity contribution is -0.153. The molecule has 3 atom stereocenters. The molecule has 200 valence electrons. The fraction of sp³-hybridized carbons (Fsp3) is 0.619. The number of nitrogens with one attached hydrogen (secondary N) is 2. The highest BCUT2D eigenvalue weighted by Gasteiger charge is 2.54. The molecule has 3 unspecified atom stereocenters. The van der Waals surface area contributed by atoms with E-state index in [0.717, 1.165) is 0 Å². The molecule has 1 saturated heterocycles. The van der Waals surface area contributed by atoms with Crippen molar-refractivity contribution in [3.05, 3.63) is 22.4 Å². The number of fused-ring (bicyclic) bond motifs is 1. The Hall–Kier alpha value is -1.47. The van der Waals surface area contributed by atoms with Gasteiger partial charge in [-0.25, -0.2) is 9.59 Å². The number of alkyl halides is 3. The molecule has 0 aromatic heterocycles. The van der Waals surface area contributed by atoms with E-state index in [0.29, 0.717) is 23.7 Å². The van der Waals surface area contributed by atoms with Crippen molar-refractivity contribution in [1.29, 1.82) is 0 Å². The van der Waals surface area contributed by atoms with Gasteiger partial charge in [-0.05, 0) is 33.3 Å². The highest BCUT2D eigenvalue weighted by Crippen LogP contribution is 2.41. The second-order valence-corrected chi connectivity index (χ2v) is 13.6. The topological polar surface area (TPSA) is 123 Å². The lowest BCUT2D eigenvalue weighted by Gasteiger charge is -2.49. The van der Waals surface area contributed by atoms with Gasteiger partial charge in [0, 0.05) is 16.9 Å². The predicted molar refractivity (Wildman–Crippen MR) is 139 cm³/mol. The third kappa shape index (κ3) is 7.31. The maximum atomic E-state index is 13.2. The molecule has 3 aliphatic rings. The summed E-state index contributed by atoms with van der Waals surface area (Å²) in [7, 11) is 0. The zero-order valence-corrected chi connectivity index (χ0v) is 23.8. The van der Waals surface area contributed by atoms with E-state index in [4.69, 9.17) is 49.0 Å². The number of hydrogen-bond acceptors (Lipinski definition) is 9. The second kappa shape index (κ2) is 11.5. The Kier molecular flexibility index (Phi) is 9.30. The zero-order valence-electron chi connectivity index (χ0n) is 19.9. The van der Waals surface area contributed by atoms with Gasteiger partial charge in [0.05, 0.1) is 6.61 Å². The summed E-state index contributed by atoms with van der Waals surface area (Å²) in [6.45, 7) is 6.65. The molecule has 15 heteroatoms. The number of thioether (sulfide) groups is 2. The number of rotatable bonds is 6. The monoisotopic (exact) mass is 601 g/mol. The highest BCUT2D eigenvalue weighted by molar-refractivity contribution is 8.02. The maximum absolute atomic E-state index is 13.2. The first-order chi connectivity index (χ1) is 16.7. The normalized spacial score (nSPS) is 22.9. The average Bonchev–Trinajstić information content (AvgIpc) is 2.78. The molecule has 0 saturated carbocycles. The van der Waals surface area contributed by atoms with Crippen molar-refractivity contribution >= 4 is 82.2 Å². The summed E-state index contributed by atoms with van der Waals surface area (Å²) < 4.78 is 14.1. The van der Waals surface area contributed by atoms with Crippen LogP contribution in [0.3, 0.4) is 0 Å². The van der Waals surface area contributed by atoms with Crippen LogP contribution in [0.4, 0.5) is 4.79 Å². The summed E-state index contributed by atoms with van der Waals surface area (Å²) in [5.74, 6) is -0.610. The Bertz CT molecular complexity index is 994. The van der Waals surface area contributed by atoms with Gasteiger partial charge < -0.3 is 24.8 Å². The average molecular weight is 603 g/mol. The Morgan fingerprint density at radius 2 is 1.97 bits per heavy atom. The first-order valence-corrected chi connectivity index (χ1v) is 14.0. The van der Waals surface area contributed by atoms with Gasteiger partial charge in [-0.15, -0.1) is 23.5 Å². The van der Waals surface area contributed by atoms with Crippen molar-refractivity contribution in [2.75, 3.05) is 24.7 Å². The number of halogens is 3. The van der Waals surface area contributed by atoms with Crippen LogP contribution in [-0.4, -0.2) is 80.3 Å². The van der Waals surface area contributed by atoms with E-state index in [1.165, 1.54) is 28.4 Å². The van der Waals surface area contributed by atoms with E-state index in [1.54, 1.807) is 33.1 Å². The van der Waals surface area contributed by atoms with Crippen molar-refractivity contribution < 1.29 is 33.4 Å². The lowest BCUT2D eigenvalue weighted by atomic mass is 10.0. The van der Waals surface area contributed by atoms with Crippen LogP contribution in [0.1, 0.15) is 27.7 Å². The number of hydrogen-bond donors (Lipinski definition) is 2.